The molecule has 0 radical (unpaired) electrons. The molecule has 0 saturated carbocycles. The van der Waals surface area contributed by atoms with Crippen LogP contribution in [0.25, 0.3) is 27.8 Å². The van der Waals surface area contributed by atoms with E-state index in [0.29, 0.717) is 12.1 Å². The fourth-order valence-electron chi connectivity index (χ4n) is 4.38. The van der Waals surface area contributed by atoms with Crippen LogP contribution in [0.4, 0.5) is 0 Å². The van der Waals surface area contributed by atoms with E-state index >= 15 is 0 Å². The molecule has 1 saturated heterocycles. The Labute approximate surface area is 193 Å². The van der Waals surface area contributed by atoms with Crippen molar-refractivity contribution in [2.45, 2.75) is 39.7 Å². The lowest BCUT2D eigenvalue weighted by molar-refractivity contribution is 0.0859. The van der Waals surface area contributed by atoms with E-state index in [1.807, 2.05) is 49.0 Å². The third-order valence-electron chi connectivity index (χ3n) is 6.29. The number of ether oxygens (including phenoxy) is 1. The average molecular weight is 441 g/mol. The largest absolute Gasteiger partial charge is 0.376 e. The van der Waals surface area contributed by atoms with Gasteiger partial charge in [0.15, 0.2) is 0 Å². The summed E-state index contributed by atoms with van der Waals surface area (Å²) in [5, 5.41) is 8.53. The summed E-state index contributed by atoms with van der Waals surface area (Å²) in [4.78, 5) is 18.1. The van der Waals surface area contributed by atoms with Crippen molar-refractivity contribution in [1.29, 1.82) is 0 Å². The van der Waals surface area contributed by atoms with Crippen LogP contribution in [-0.2, 0) is 4.74 Å². The van der Waals surface area contributed by atoms with Crippen molar-refractivity contribution in [2.24, 2.45) is 0 Å². The predicted molar refractivity (Wildman–Crippen MR) is 130 cm³/mol. The summed E-state index contributed by atoms with van der Waals surface area (Å²) in [5.41, 5.74) is 7.33. The molecule has 0 bridgehead atoms. The van der Waals surface area contributed by atoms with Gasteiger partial charge in [0.25, 0.3) is 5.91 Å². The summed E-state index contributed by atoms with van der Waals surface area (Å²) in [6.07, 6.45) is 3.95. The molecule has 5 rings (SSSR count). The van der Waals surface area contributed by atoms with E-state index in [9.17, 15) is 4.79 Å². The van der Waals surface area contributed by atoms with E-state index in [1.165, 1.54) is 5.56 Å². The van der Waals surface area contributed by atoms with Gasteiger partial charge in [0.05, 0.1) is 40.5 Å². The summed E-state index contributed by atoms with van der Waals surface area (Å²) in [6, 6.07) is 16.2. The van der Waals surface area contributed by atoms with Crippen molar-refractivity contribution in [3.63, 3.8) is 0 Å². The van der Waals surface area contributed by atoms with E-state index < -0.39 is 0 Å². The van der Waals surface area contributed by atoms with Crippen LogP contribution >= 0.6 is 0 Å². The van der Waals surface area contributed by atoms with E-state index in [0.717, 1.165) is 58.6 Å². The molecule has 1 aliphatic heterocycles. The van der Waals surface area contributed by atoms with Crippen LogP contribution in [-0.4, -0.2) is 39.9 Å². The number of aromatic nitrogens is 3. The Morgan fingerprint density at radius 1 is 1.09 bits per heavy atom. The third-order valence-corrected chi connectivity index (χ3v) is 6.29. The topological polar surface area (TPSA) is 69.0 Å². The fraction of sp³-hybridized carbons (Fsp3) is 0.296. The lowest BCUT2D eigenvalue weighted by Gasteiger charge is -2.13. The Balaban J connectivity index is 1.54. The van der Waals surface area contributed by atoms with Crippen molar-refractivity contribution in [1.82, 2.24) is 20.1 Å². The number of nitrogens with zero attached hydrogens (tertiary/aromatic N) is 3. The fourth-order valence-corrected chi connectivity index (χ4v) is 4.38. The highest BCUT2D eigenvalue weighted by Gasteiger charge is 2.20. The first-order valence-electron chi connectivity index (χ1n) is 11.4. The van der Waals surface area contributed by atoms with E-state index in [2.05, 4.69) is 41.6 Å². The number of carbonyl (C=O) groups is 1. The first-order valence-corrected chi connectivity index (χ1v) is 11.4. The molecular weight excluding hydrogens is 412 g/mol. The number of hydrogen-bond donors (Lipinski definition) is 1. The molecule has 4 aromatic rings. The van der Waals surface area contributed by atoms with Gasteiger partial charge < -0.3 is 10.1 Å². The van der Waals surface area contributed by atoms with E-state index in [4.69, 9.17) is 9.72 Å². The zero-order chi connectivity index (χ0) is 22.9. The molecule has 1 aliphatic rings. The van der Waals surface area contributed by atoms with Crippen LogP contribution in [0.15, 0.2) is 54.7 Å². The average Bonchev–Trinajstić information content (AvgIpc) is 3.47. The lowest BCUT2D eigenvalue weighted by atomic mass is 10.0. The predicted octanol–water partition coefficient (Wildman–Crippen LogP) is 4.92. The molecule has 0 spiro atoms. The smallest absolute Gasteiger partial charge is 0.252 e. The van der Waals surface area contributed by atoms with Crippen molar-refractivity contribution in [2.75, 3.05) is 13.2 Å². The van der Waals surface area contributed by atoms with Crippen LogP contribution in [0.3, 0.4) is 0 Å². The Bertz CT molecular complexity index is 1320. The molecule has 1 fully saturated rings. The zero-order valence-electron chi connectivity index (χ0n) is 19.3. The zero-order valence-corrected chi connectivity index (χ0v) is 19.3. The van der Waals surface area contributed by atoms with Crippen LogP contribution in [0, 0.1) is 20.8 Å². The van der Waals surface area contributed by atoms with Crippen molar-refractivity contribution >= 4 is 16.8 Å². The molecule has 1 atom stereocenters. The summed E-state index contributed by atoms with van der Waals surface area (Å²) in [6.45, 7) is 7.41. The minimum Gasteiger partial charge on any atom is -0.376 e. The molecule has 6 nitrogen and oxygen atoms in total. The monoisotopic (exact) mass is 440 g/mol. The van der Waals surface area contributed by atoms with Crippen LogP contribution in [0.5, 0.6) is 0 Å². The standard InChI is InChI=1S/C27H28N4O2/c1-17-6-9-20(10-7-17)31-19(3)24(16-29-31)26-14-23(22-13-18(2)8-11-25(22)30-26)27(32)28-15-21-5-4-12-33-21/h6-11,13-14,16,21H,4-5,12,15H2,1-3H3,(H,28,32)/t21-/m1/s1. The minimum atomic E-state index is -0.103. The van der Waals surface area contributed by atoms with Gasteiger partial charge in [0.1, 0.15) is 0 Å². The lowest BCUT2D eigenvalue weighted by Crippen LogP contribution is -2.32. The van der Waals surface area contributed by atoms with Crippen molar-refractivity contribution in [3.05, 3.63) is 77.1 Å². The number of fused-ring (bicyclic) bond motifs is 1. The number of pyridine rings is 1. The molecular formula is C27H28N4O2. The van der Waals surface area contributed by atoms with Crippen molar-refractivity contribution in [3.8, 4) is 16.9 Å². The quantitative estimate of drug-likeness (QED) is 0.478. The third kappa shape index (κ3) is 4.26. The van der Waals surface area contributed by atoms with Gasteiger partial charge in [-0.2, -0.15) is 5.10 Å². The molecule has 0 unspecified atom stereocenters. The van der Waals surface area contributed by atoms with Crippen molar-refractivity contribution < 1.29 is 9.53 Å². The summed E-state index contributed by atoms with van der Waals surface area (Å²) >= 11 is 0. The number of hydrogen-bond acceptors (Lipinski definition) is 4. The van der Waals surface area contributed by atoms with E-state index in [-0.39, 0.29) is 12.0 Å². The SMILES string of the molecule is Cc1ccc(-n2ncc(-c3cc(C(=O)NC[C@H]4CCCO4)c4cc(C)ccc4n3)c2C)cc1. The van der Waals surface area contributed by atoms with Gasteiger partial charge in [-0.05, 0) is 63.9 Å². The summed E-state index contributed by atoms with van der Waals surface area (Å²) < 4.78 is 7.58. The van der Waals surface area contributed by atoms with Gasteiger partial charge in [0.2, 0.25) is 0 Å². The second-order valence-electron chi connectivity index (χ2n) is 8.81. The highest BCUT2D eigenvalue weighted by atomic mass is 16.5. The number of benzene rings is 2. The van der Waals surface area contributed by atoms with Crippen LogP contribution in [0.1, 0.15) is 40.0 Å². The van der Waals surface area contributed by atoms with Gasteiger partial charge in [0, 0.05) is 24.1 Å². The molecule has 1 N–H and O–H groups in total. The Hall–Kier alpha value is -3.51. The first-order chi connectivity index (χ1) is 16.0. The highest BCUT2D eigenvalue weighted by Crippen LogP contribution is 2.29. The normalized spacial score (nSPS) is 15.8. The number of nitrogens with one attached hydrogen (secondary N) is 1. The minimum absolute atomic E-state index is 0.0956. The number of aryl methyl sites for hydroxylation is 2. The molecule has 2 aromatic heterocycles. The maximum atomic E-state index is 13.2. The molecule has 2 aromatic carbocycles. The molecule has 168 valence electrons. The van der Waals surface area contributed by atoms with Gasteiger partial charge in [-0.25, -0.2) is 9.67 Å². The van der Waals surface area contributed by atoms with E-state index in [1.54, 1.807) is 0 Å². The summed E-state index contributed by atoms with van der Waals surface area (Å²) in [7, 11) is 0. The second-order valence-corrected chi connectivity index (χ2v) is 8.81. The van der Waals surface area contributed by atoms with Gasteiger partial charge in [-0.1, -0.05) is 29.3 Å². The Morgan fingerprint density at radius 2 is 1.88 bits per heavy atom. The Kier molecular flexibility index (Phi) is 5.68. The molecule has 3 heterocycles. The number of amides is 1. The number of carbonyl (C=O) groups excluding carboxylic acids is 1. The second kappa shape index (κ2) is 8.79. The highest BCUT2D eigenvalue weighted by molar-refractivity contribution is 6.07. The maximum Gasteiger partial charge on any atom is 0.252 e. The first kappa shape index (κ1) is 21.3. The maximum absolute atomic E-state index is 13.2. The molecule has 6 heteroatoms. The molecule has 1 amide bonds. The Morgan fingerprint density at radius 3 is 2.64 bits per heavy atom. The van der Waals surface area contributed by atoms with Crippen LogP contribution in [0.2, 0.25) is 0 Å². The molecule has 0 aliphatic carbocycles. The van der Waals surface area contributed by atoms with Gasteiger partial charge in [-0.15, -0.1) is 0 Å². The van der Waals surface area contributed by atoms with Crippen LogP contribution < -0.4 is 5.32 Å². The van der Waals surface area contributed by atoms with Gasteiger partial charge in [-0.3, -0.25) is 4.79 Å². The molecule has 33 heavy (non-hydrogen) atoms. The summed E-state index contributed by atoms with van der Waals surface area (Å²) in [5.74, 6) is -0.103. The number of rotatable bonds is 5. The van der Waals surface area contributed by atoms with Gasteiger partial charge >= 0.3 is 0 Å².